The third kappa shape index (κ3) is 7.16. The molecular formula is C18H12O12Zr. The Hall–Kier alpha value is -3.86. The van der Waals surface area contributed by atoms with E-state index in [0.29, 0.717) is 0 Å². The van der Waals surface area contributed by atoms with E-state index in [1.807, 2.05) is 0 Å². The van der Waals surface area contributed by atoms with Gasteiger partial charge in [0.2, 0.25) is 0 Å². The first kappa shape index (κ1) is 27.1. The third-order valence-corrected chi connectivity index (χ3v) is 3.45. The molecule has 0 amide bonds. The van der Waals surface area contributed by atoms with E-state index in [9.17, 15) is 28.8 Å². The van der Waals surface area contributed by atoms with Gasteiger partial charge in [0.15, 0.2) is 0 Å². The van der Waals surface area contributed by atoms with E-state index in [1.54, 1.807) is 0 Å². The molecule has 2 aromatic carbocycles. The van der Waals surface area contributed by atoms with Crippen LogP contribution >= 0.6 is 0 Å². The average Bonchev–Trinajstić information content (AvgIpc) is 2.67. The van der Waals surface area contributed by atoms with Crippen molar-refractivity contribution in [1.29, 1.82) is 0 Å². The molecule has 0 spiro atoms. The molecule has 0 heterocycles. The second-order valence-electron chi connectivity index (χ2n) is 5.35. The Kier molecular flexibility index (Phi) is 9.95. The maximum atomic E-state index is 10.6. The molecule has 12 nitrogen and oxygen atoms in total. The van der Waals surface area contributed by atoms with Crippen molar-refractivity contribution in [3.63, 3.8) is 0 Å². The third-order valence-electron chi connectivity index (χ3n) is 3.45. The van der Waals surface area contributed by atoms with E-state index in [-0.39, 0.29) is 37.3 Å². The number of hydrogen-bond donors (Lipinski definition) is 6. The van der Waals surface area contributed by atoms with Crippen molar-refractivity contribution < 1.29 is 85.6 Å². The maximum absolute atomic E-state index is 10.6. The van der Waals surface area contributed by atoms with Gasteiger partial charge in [0.25, 0.3) is 0 Å². The first-order valence-electron chi connectivity index (χ1n) is 7.54. The second-order valence-corrected chi connectivity index (χ2v) is 5.35. The van der Waals surface area contributed by atoms with Gasteiger partial charge in [0, 0.05) is 26.2 Å². The summed E-state index contributed by atoms with van der Waals surface area (Å²) < 4.78 is 0. The Balaban J connectivity index is 0.000000562. The van der Waals surface area contributed by atoms with Gasteiger partial charge in [-0.25, -0.2) is 28.8 Å². The molecule has 2 aromatic rings. The van der Waals surface area contributed by atoms with Crippen molar-refractivity contribution in [3.05, 3.63) is 69.8 Å². The zero-order valence-electron chi connectivity index (χ0n) is 15.1. The Bertz CT molecular complexity index is 988. The van der Waals surface area contributed by atoms with E-state index in [2.05, 4.69) is 0 Å². The smallest absolute Gasteiger partial charge is 0.336 e. The van der Waals surface area contributed by atoms with Crippen molar-refractivity contribution in [1.82, 2.24) is 0 Å². The molecule has 0 aliphatic heterocycles. The number of aromatic carboxylic acids is 6. The number of carboxylic acid groups (broad SMARTS) is 6. The minimum atomic E-state index is -1.48. The molecule has 0 saturated carbocycles. The van der Waals surface area contributed by atoms with Crippen LogP contribution < -0.4 is 0 Å². The van der Waals surface area contributed by atoms with Gasteiger partial charge in [-0.3, -0.25) is 0 Å². The van der Waals surface area contributed by atoms with Crippen LogP contribution in [0.25, 0.3) is 0 Å². The van der Waals surface area contributed by atoms with Crippen molar-refractivity contribution in [3.8, 4) is 0 Å². The van der Waals surface area contributed by atoms with Crippen LogP contribution in [0.5, 0.6) is 0 Å². The molecule has 31 heavy (non-hydrogen) atoms. The minimum absolute atomic E-state index is 0. The van der Waals surface area contributed by atoms with Crippen molar-refractivity contribution in [2.75, 3.05) is 0 Å². The fraction of sp³-hybridized carbons (Fsp3) is 0. The number of hydrogen-bond acceptors (Lipinski definition) is 6. The van der Waals surface area contributed by atoms with Gasteiger partial charge < -0.3 is 30.6 Å². The van der Waals surface area contributed by atoms with Gasteiger partial charge in [0.05, 0.1) is 33.4 Å². The normalized spacial score (nSPS) is 9.29. The summed E-state index contributed by atoms with van der Waals surface area (Å²) in [6, 6.07) is 5.61. The van der Waals surface area contributed by atoms with Crippen LogP contribution in [-0.2, 0) is 26.2 Å². The van der Waals surface area contributed by atoms with Gasteiger partial charge >= 0.3 is 35.8 Å². The fourth-order valence-electron chi connectivity index (χ4n) is 2.08. The van der Waals surface area contributed by atoms with Crippen LogP contribution in [0.3, 0.4) is 0 Å². The van der Waals surface area contributed by atoms with Crippen LogP contribution in [0.15, 0.2) is 36.4 Å². The predicted octanol–water partition coefficient (Wildman–Crippen LogP) is 1.56. The summed E-state index contributed by atoms with van der Waals surface area (Å²) in [6.45, 7) is 0. The first-order valence-corrected chi connectivity index (χ1v) is 7.54. The zero-order valence-corrected chi connectivity index (χ0v) is 17.6. The van der Waals surface area contributed by atoms with E-state index in [1.165, 1.54) is 0 Å². The molecule has 0 radical (unpaired) electrons. The summed E-state index contributed by atoms with van der Waals surface area (Å²) in [5.41, 5.74) is -2.49. The molecular weight excluding hydrogens is 499 g/mol. The summed E-state index contributed by atoms with van der Waals surface area (Å²) in [6.07, 6.45) is 0. The predicted molar refractivity (Wildman–Crippen MR) is 94.6 cm³/mol. The molecule has 13 heteroatoms. The van der Waals surface area contributed by atoms with Crippen LogP contribution in [0.1, 0.15) is 62.1 Å². The van der Waals surface area contributed by atoms with Gasteiger partial charge in [-0.15, -0.1) is 0 Å². The van der Waals surface area contributed by atoms with Crippen LogP contribution in [0, 0.1) is 0 Å². The Labute approximate surface area is 191 Å². The van der Waals surface area contributed by atoms with Gasteiger partial charge in [-0.05, 0) is 36.4 Å². The van der Waals surface area contributed by atoms with E-state index >= 15 is 0 Å². The summed E-state index contributed by atoms with van der Waals surface area (Å²) in [5, 5.41) is 51.8. The molecule has 0 unspecified atom stereocenters. The van der Waals surface area contributed by atoms with Crippen LogP contribution in [-0.4, -0.2) is 66.5 Å². The molecule has 0 aromatic heterocycles. The standard InChI is InChI=1S/2C9H6O6.Zr/c2*10-7(11)4-1-2-5(8(12)13)6(3-4)9(14)15;/h2*1-3H,(H,10,11)(H,12,13)(H,14,15);. The number of carboxylic acids is 6. The van der Waals surface area contributed by atoms with Gasteiger partial charge in [-0.2, -0.15) is 0 Å². The van der Waals surface area contributed by atoms with Crippen molar-refractivity contribution >= 4 is 35.8 Å². The Morgan fingerprint density at radius 1 is 0.419 bits per heavy atom. The number of carbonyl (C=O) groups is 6. The molecule has 0 aliphatic rings. The largest absolute Gasteiger partial charge is 0.478 e. The van der Waals surface area contributed by atoms with Gasteiger partial charge in [-0.1, -0.05) is 0 Å². The van der Waals surface area contributed by atoms with Crippen molar-refractivity contribution in [2.24, 2.45) is 0 Å². The number of rotatable bonds is 6. The molecule has 6 N–H and O–H groups in total. The zero-order chi connectivity index (χ0) is 23.2. The maximum Gasteiger partial charge on any atom is 0.336 e. The number of benzene rings is 2. The van der Waals surface area contributed by atoms with Crippen LogP contribution in [0.4, 0.5) is 0 Å². The first-order chi connectivity index (χ1) is 13.9. The summed E-state index contributed by atoms with van der Waals surface area (Å²) in [4.78, 5) is 63.5. The summed E-state index contributed by atoms with van der Waals surface area (Å²) in [7, 11) is 0. The van der Waals surface area contributed by atoms with E-state index in [0.717, 1.165) is 36.4 Å². The topological polar surface area (TPSA) is 224 Å². The molecule has 0 saturated heterocycles. The second kappa shape index (κ2) is 11.4. The van der Waals surface area contributed by atoms with Crippen molar-refractivity contribution in [2.45, 2.75) is 0 Å². The van der Waals surface area contributed by atoms with E-state index < -0.39 is 58.1 Å². The molecule has 0 aliphatic carbocycles. The van der Waals surface area contributed by atoms with Gasteiger partial charge in [0.1, 0.15) is 0 Å². The molecule has 0 fully saturated rings. The average molecular weight is 512 g/mol. The molecule has 160 valence electrons. The Morgan fingerprint density at radius 3 is 0.871 bits per heavy atom. The Morgan fingerprint density at radius 2 is 0.677 bits per heavy atom. The summed E-state index contributed by atoms with van der Waals surface area (Å²) >= 11 is 0. The molecule has 2 rings (SSSR count). The molecule has 0 atom stereocenters. The quantitative estimate of drug-likeness (QED) is 0.325. The van der Waals surface area contributed by atoms with E-state index in [4.69, 9.17) is 30.6 Å². The minimum Gasteiger partial charge on any atom is -0.478 e. The monoisotopic (exact) mass is 510 g/mol. The molecule has 0 bridgehead atoms. The SMILES string of the molecule is O=C(O)c1ccc(C(=O)O)c(C(=O)O)c1.O=C(O)c1ccc(C(=O)O)c(C(=O)O)c1.[Zr]. The summed E-state index contributed by atoms with van der Waals surface area (Å²) in [5.74, 6) is -8.40. The fourth-order valence-corrected chi connectivity index (χ4v) is 2.08. The van der Waals surface area contributed by atoms with Crippen LogP contribution in [0.2, 0.25) is 0 Å².